The lowest BCUT2D eigenvalue weighted by molar-refractivity contribution is -0.390. The molecule has 0 fully saturated rings. The molecule has 1 aromatic rings. The Morgan fingerprint density at radius 1 is 1.40 bits per heavy atom. The summed E-state index contributed by atoms with van der Waals surface area (Å²) in [4.78, 5) is 23.9. The first-order valence-electron chi connectivity index (χ1n) is 4.77. The number of nitro groups is 1. The van der Waals surface area contributed by atoms with Crippen LogP contribution in [0.1, 0.15) is 10.4 Å². The predicted octanol–water partition coefficient (Wildman–Crippen LogP) is 1.68. The molecule has 0 saturated carbocycles. The lowest BCUT2D eigenvalue weighted by atomic mass is 10.2. The first kappa shape index (κ1) is 15.5. The van der Waals surface area contributed by atoms with E-state index < -0.39 is 40.3 Å². The van der Waals surface area contributed by atoms with Gasteiger partial charge in [-0.05, 0) is 4.92 Å². The van der Waals surface area contributed by atoms with Crippen molar-refractivity contribution in [3.63, 3.8) is 0 Å². The average Bonchev–Trinajstić information content (AvgIpc) is 2.35. The molecule has 0 unspecified atom stereocenters. The summed E-state index contributed by atoms with van der Waals surface area (Å²) in [6, 6.07) is 0.679. The Bertz CT molecular complexity index is 545. The van der Waals surface area contributed by atoms with Crippen molar-refractivity contribution in [2.24, 2.45) is 0 Å². The molecule has 0 aliphatic carbocycles. The minimum atomic E-state index is -5.18. The van der Waals surface area contributed by atoms with Crippen LogP contribution < -0.4 is 9.47 Å². The van der Waals surface area contributed by atoms with Crippen LogP contribution >= 0.6 is 0 Å². The lowest BCUT2D eigenvalue weighted by Crippen LogP contribution is -2.21. The van der Waals surface area contributed by atoms with Crippen molar-refractivity contribution in [1.29, 1.82) is 0 Å². The fourth-order valence-electron chi connectivity index (χ4n) is 1.19. The Hall–Kier alpha value is -2.59. The van der Waals surface area contributed by atoms with Gasteiger partial charge in [0.2, 0.25) is 5.75 Å². The van der Waals surface area contributed by atoms with Gasteiger partial charge in [0.05, 0.1) is 14.2 Å². The molecule has 0 spiro atoms. The third-order valence-corrected chi connectivity index (χ3v) is 1.94. The van der Waals surface area contributed by atoms with Crippen LogP contribution in [0, 0.1) is 10.1 Å². The van der Waals surface area contributed by atoms with E-state index in [-0.39, 0.29) is 0 Å². The number of methoxy groups -OCH3 is 2. The molecule has 0 radical (unpaired) electrons. The van der Waals surface area contributed by atoms with Gasteiger partial charge in [-0.3, -0.25) is 0 Å². The molecule has 110 valence electrons. The van der Waals surface area contributed by atoms with Gasteiger partial charge in [0.25, 0.3) is 0 Å². The van der Waals surface area contributed by atoms with E-state index >= 15 is 0 Å². The van der Waals surface area contributed by atoms with Crippen molar-refractivity contribution in [3.8, 4) is 11.6 Å². The number of alkyl halides is 3. The molecular weight excluding hydrogens is 289 g/mol. The Morgan fingerprint density at radius 3 is 2.40 bits per heavy atom. The number of pyridine rings is 1. The number of ether oxygens (including phenoxy) is 3. The van der Waals surface area contributed by atoms with E-state index in [4.69, 9.17) is 0 Å². The Labute approximate surface area is 109 Å². The molecule has 0 saturated heterocycles. The lowest BCUT2D eigenvalue weighted by Gasteiger charge is -2.09. The quantitative estimate of drug-likeness (QED) is 0.473. The van der Waals surface area contributed by atoms with Crippen LogP contribution in [0.4, 0.5) is 19.0 Å². The molecule has 8 nitrogen and oxygen atoms in total. The first-order valence-corrected chi connectivity index (χ1v) is 4.77. The molecule has 0 bridgehead atoms. The molecule has 1 aromatic heterocycles. The first-order chi connectivity index (χ1) is 9.19. The third-order valence-electron chi connectivity index (χ3n) is 1.94. The molecule has 11 heteroatoms. The smallest absolute Gasteiger partial charge is 0.489 e. The molecule has 1 heterocycles. The maximum atomic E-state index is 12.2. The second-order valence-electron chi connectivity index (χ2n) is 3.16. The summed E-state index contributed by atoms with van der Waals surface area (Å²) in [7, 11) is 1.93. The summed E-state index contributed by atoms with van der Waals surface area (Å²) < 4.78 is 48.9. The van der Waals surface area contributed by atoms with Gasteiger partial charge < -0.3 is 24.3 Å². The van der Waals surface area contributed by atoms with E-state index in [0.717, 1.165) is 14.2 Å². The monoisotopic (exact) mass is 296 g/mol. The number of carbonyl (C=O) groups excluding carboxylic acids is 1. The van der Waals surface area contributed by atoms with Gasteiger partial charge in [-0.25, -0.2) is 4.79 Å². The summed E-state index contributed by atoms with van der Waals surface area (Å²) in [6.07, 6.45) is -5.18. The number of rotatable bonds is 4. The normalized spacial score (nSPS) is 10.8. The van der Waals surface area contributed by atoms with Crippen molar-refractivity contribution in [1.82, 2.24) is 4.98 Å². The fourth-order valence-corrected chi connectivity index (χ4v) is 1.19. The molecule has 0 aliphatic heterocycles. The van der Waals surface area contributed by atoms with Gasteiger partial charge >= 0.3 is 24.0 Å². The van der Waals surface area contributed by atoms with Gasteiger partial charge in [0.15, 0.2) is 5.56 Å². The van der Waals surface area contributed by atoms with Crippen molar-refractivity contribution in [2.75, 3.05) is 14.2 Å². The van der Waals surface area contributed by atoms with Gasteiger partial charge in [-0.15, -0.1) is 13.2 Å². The topological polar surface area (TPSA) is 101 Å². The number of aromatic nitrogens is 1. The van der Waals surface area contributed by atoms with Crippen LogP contribution in [-0.4, -0.2) is 36.5 Å². The summed E-state index contributed by atoms with van der Waals surface area (Å²) in [5, 5.41) is 10.7. The highest BCUT2D eigenvalue weighted by molar-refractivity contribution is 5.92. The highest BCUT2D eigenvalue weighted by Gasteiger charge is 2.38. The van der Waals surface area contributed by atoms with Gasteiger partial charge in [-0.2, -0.15) is 0 Å². The fraction of sp³-hybridized carbons (Fsp3) is 0.333. The highest BCUT2D eigenvalue weighted by atomic mass is 19.4. The molecule has 0 amide bonds. The van der Waals surface area contributed by atoms with Gasteiger partial charge in [0.1, 0.15) is 0 Å². The predicted molar refractivity (Wildman–Crippen MR) is 55.5 cm³/mol. The van der Waals surface area contributed by atoms with Crippen LogP contribution in [0.2, 0.25) is 0 Å². The minimum Gasteiger partial charge on any atom is -0.489 e. The maximum absolute atomic E-state index is 12.2. The Kier molecular flexibility index (Phi) is 4.32. The molecule has 20 heavy (non-hydrogen) atoms. The third kappa shape index (κ3) is 3.46. The highest BCUT2D eigenvalue weighted by Crippen LogP contribution is 2.33. The summed E-state index contributed by atoms with van der Waals surface area (Å²) in [5.41, 5.74) is -0.757. The van der Waals surface area contributed by atoms with Crippen LogP contribution in [0.25, 0.3) is 0 Å². The zero-order valence-electron chi connectivity index (χ0n) is 10.1. The summed E-state index contributed by atoms with van der Waals surface area (Å²) in [5.74, 6) is -4.05. The molecule has 1 rings (SSSR count). The van der Waals surface area contributed by atoms with Crippen LogP contribution in [0.3, 0.4) is 0 Å². The maximum Gasteiger partial charge on any atom is 0.575 e. The van der Waals surface area contributed by atoms with Crippen LogP contribution in [0.15, 0.2) is 6.07 Å². The van der Waals surface area contributed by atoms with Gasteiger partial charge in [0, 0.05) is 11.1 Å². The second kappa shape index (κ2) is 5.59. The Morgan fingerprint density at radius 2 is 2.00 bits per heavy atom. The molecular formula is C9H7F3N2O6. The van der Waals surface area contributed by atoms with E-state index in [1.165, 1.54) is 0 Å². The number of nitrogens with zero attached hydrogens (tertiary/aromatic N) is 2. The zero-order valence-corrected chi connectivity index (χ0v) is 10.1. The second-order valence-corrected chi connectivity index (χ2v) is 3.16. The minimum absolute atomic E-state index is 0.509. The van der Waals surface area contributed by atoms with Crippen molar-refractivity contribution < 1.29 is 37.1 Å². The molecule has 0 atom stereocenters. The van der Waals surface area contributed by atoms with Crippen LogP contribution in [0.5, 0.6) is 11.6 Å². The largest absolute Gasteiger partial charge is 0.575 e. The number of esters is 1. The molecule has 0 aromatic carbocycles. The zero-order chi connectivity index (χ0) is 15.5. The molecule has 0 N–H and O–H groups in total. The van der Waals surface area contributed by atoms with E-state index in [2.05, 4.69) is 19.2 Å². The summed E-state index contributed by atoms with van der Waals surface area (Å²) in [6.45, 7) is 0. The number of carbonyl (C=O) groups is 1. The Balaban J connectivity index is 3.47. The van der Waals surface area contributed by atoms with Crippen LogP contribution in [-0.2, 0) is 4.74 Å². The van der Waals surface area contributed by atoms with Gasteiger partial charge in [-0.1, -0.05) is 0 Å². The average molecular weight is 296 g/mol. The standard InChI is InChI=1S/C9H7F3N2O6/c1-18-5-3-4(8(15)19-2)7(20-9(10,11)12)13-6(5)14(16)17/h3H,1-2H3. The SMILES string of the molecule is COC(=O)c1cc(OC)c([N+](=O)[O-])nc1OC(F)(F)F. The van der Waals surface area contributed by atoms with Crippen molar-refractivity contribution in [2.45, 2.75) is 6.36 Å². The van der Waals surface area contributed by atoms with E-state index in [1.54, 1.807) is 0 Å². The van der Waals surface area contributed by atoms with E-state index in [9.17, 15) is 28.1 Å². The number of hydrogen-bond donors (Lipinski definition) is 0. The van der Waals surface area contributed by atoms with E-state index in [1.807, 2.05) is 0 Å². The van der Waals surface area contributed by atoms with E-state index in [0.29, 0.717) is 6.07 Å². The number of halogens is 3. The molecule has 0 aliphatic rings. The number of hydrogen-bond acceptors (Lipinski definition) is 7. The van der Waals surface area contributed by atoms with Crippen molar-refractivity contribution >= 4 is 11.8 Å². The van der Waals surface area contributed by atoms with Crippen molar-refractivity contribution in [3.05, 3.63) is 21.7 Å². The summed E-state index contributed by atoms with van der Waals surface area (Å²) >= 11 is 0.